The van der Waals surface area contributed by atoms with Gasteiger partial charge >= 0.3 is 0 Å². The molecule has 0 atom stereocenters. The lowest BCUT2D eigenvalue weighted by Crippen LogP contribution is -2.10. The van der Waals surface area contributed by atoms with Crippen molar-refractivity contribution < 1.29 is 9.47 Å². The van der Waals surface area contributed by atoms with Crippen molar-refractivity contribution in [2.24, 2.45) is 0 Å². The van der Waals surface area contributed by atoms with E-state index in [0.29, 0.717) is 32.3 Å². The molecule has 156 valence electrons. The molecule has 2 aromatic carbocycles. The second-order valence-corrected chi connectivity index (χ2v) is 7.86. The Bertz CT molecular complexity index is 1270. The average Bonchev–Trinajstić information content (AvgIpc) is 3.14. The van der Waals surface area contributed by atoms with E-state index in [-0.39, 0.29) is 11.8 Å². The molecule has 0 aliphatic heterocycles. The lowest BCUT2D eigenvalue weighted by atomic mass is 10.1. The maximum absolute atomic E-state index is 6.67. The van der Waals surface area contributed by atoms with Crippen molar-refractivity contribution >= 4 is 45.3 Å². The van der Waals surface area contributed by atoms with Crippen LogP contribution in [0.2, 0.25) is 10.0 Å². The standard InChI is InChI=1S/C20H20Cl2N6O2/c1-10-14(21)15(22)18(17-16(10)23-19(29-4)20(24-17)30-5)28-13-7-6-11(9-27(2)3)8-12(13)25-26-28/h6-8H,9H2,1-5H3. The van der Waals surface area contributed by atoms with Crippen LogP contribution in [0.5, 0.6) is 11.8 Å². The maximum atomic E-state index is 6.67. The molecule has 0 bridgehead atoms. The quantitative estimate of drug-likeness (QED) is 0.457. The van der Waals surface area contributed by atoms with Gasteiger partial charge in [0.05, 0.1) is 35.3 Å². The number of benzene rings is 2. The molecule has 0 saturated carbocycles. The van der Waals surface area contributed by atoms with Crippen LogP contribution in [-0.2, 0) is 6.54 Å². The molecular weight excluding hydrogens is 427 g/mol. The van der Waals surface area contributed by atoms with Crippen LogP contribution in [0.1, 0.15) is 11.1 Å². The lowest BCUT2D eigenvalue weighted by molar-refractivity contribution is 0.334. The molecule has 30 heavy (non-hydrogen) atoms. The van der Waals surface area contributed by atoms with Gasteiger partial charge in [-0.1, -0.05) is 34.5 Å². The smallest absolute Gasteiger partial charge is 0.278 e. The van der Waals surface area contributed by atoms with E-state index in [0.717, 1.165) is 23.1 Å². The highest BCUT2D eigenvalue weighted by Gasteiger charge is 2.23. The summed E-state index contributed by atoms with van der Waals surface area (Å²) in [6, 6.07) is 5.99. The van der Waals surface area contributed by atoms with Gasteiger partial charge in [-0.3, -0.25) is 0 Å². The number of hydrogen-bond donors (Lipinski definition) is 0. The Balaban J connectivity index is 2.03. The number of halogens is 2. The minimum absolute atomic E-state index is 0.238. The molecule has 2 heterocycles. The zero-order chi connectivity index (χ0) is 21.6. The van der Waals surface area contributed by atoms with Crippen molar-refractivity contribution in [3.63, 3.8) is 0 Å². The fraction of sp³-hybridized carbons (Fsp3) is 0.300. The van der Waals surface area contributed by atoms with Crippen LogP contribution in [0, 0.1) is 6.92 Å². The summed E-state index contributed by atoms with van der Waals surface area (Å²) in [7, 11) is 7.03. The Kier molecular flexibility index (Phi) is 5.40. The Morgan fingerprint density at radius 1 is 1.00 bits per heavy atom. The second-order valence-electron chi connectivity index (χ2n) is 7.10. The molecule has 2 aromatic heterocycles. The van der Waals surface area contributed by atoms with E-state index in [1.165, 1.54) is 14.2 Å². The largest absolute Gasteiger partial charge is 0.477 e. The number of ether oxygens (including phenoxy) is 2. The molecule has 0 fully saturated rings. The molecule has 8 nitrogen and oxygen atoms in total. The molecule has 0 amide bonds. The van der Waals surface area contributed by atoms with Crippen molar-refractivity contribution in [3.05, 3.63) is 39.4 Å². The van der Waals surface area contributed by atoms with Gasteiger partial charge in [-0.2, -0.15) is 0 Å². The van der Waals surface area contributed by atoms with Gasteiger partial charge in [0, 0.05) is 6.54 Å². The van der Waals surface area contributed by atoms with E-state index < -0.39 is 0 Å². The normalized spacial score (nSPS) is 11.6. The third-order valence-corrected chi connectivity index (χ3v) is 5.69. The van der Waals surface area contributed by atoms with Crippen LogP contribution in [0.4, 0.5) is 0 Å². The molecule has 10 heteroatoms. The van der Waals surface area contributed by atoms with Crippen LogP contribution in [0.3, 0.4) is 0 Å². The topological polar surface area (TPSA) is 78.2 Å². The van der Waals surface area contributed by atoms with E-state index in [9.17, 15) is 0 Å². The average molecular weight is 447 g/mol. The highest BCUT2D eigenvalue weighted by atomic mass is 35.5. The highest BCUT2D eigenvalue weighted by molar-refractivity contribution is 6.45. The van der Waals surface area contributed by atoms with Gasteiger partial charge in [-0.25, -0.2) is 14.6 Å². The van der Waals surface area contributed by atoms with Crippen molar-refractivity contribution in [1.29, 1.82) is 0 Å². The van der Waals surface area contributed by atoms with Crippen LogP contribution < -0.4 is 9.47 Å². The summed E-state index contributed by atoms with van der Waals surface area (Å²) >= 11 is 13.2. The van der Waals surface area contributed by atoms with Crippen LogP contribution in [-0.4, -0.2) is 58.2 Å². The summed E-state index contributed by atoms with van der Waals surface area (Å²) in [5.74, 6) is 0.496. The molecule has 4 rings (SSSR count). The minimum Gasteiger partial charge on any atom is -0.477 e. The van der Waals surface area contributed by atoms with E-state index in [1.807, 2.05) is 39.2 Å². The van der Waals surface area contributed by atoms with Crippen LogP contribution in [0.15, 0.2) is 18.2 Å². The maximum Gasteiger partial charge on any atom is 0.278 e. The molecule has 4 aromatic rings. The first-order valence-electron chi connectivity index (χ1n) is 9.12. The molecule has 0 aliphatic carbocycles. The van der Waals surface area contributed by atoms with Gasteiger partial charge in [-0.05, 0) is 44.3 Å². The number of aryl methyl sites for hydroxylation is 1. The summed E-state index contributed by atoms with van der Waals surface area (Å²) in [4.78, 5) is 11.2. The van der Waals surface area contributed by atoms with Gasteiger partial charge in [0.25, 0.3) is 11.8 Å². The van der Waals surface area contributed by atoms with Crippen molar-refractivity contribution in [2.75, 3.05) is 28.3 Å². The number of nitrogens with zero attached hydrogens (tertiary/aromatic N) is 6. The summed E-state index contributed by atoms with van der Waals surface area (Å²) in [5, 5.41) is 9.35. The Morgan fingerprint density at radius 2 is 1.67 bits per heavy atom. The van der Waals surface area contributed by atoms with Gasteiger partial charge in [0.2, 0.25) is 0 Å². The SMILES string of the molecule is COc1nc2c(C)c(Cl)c(Cl)c(-n3nnc4cc(CN(C)C)ccc43)c2nc1OC. The van der Waals surface area contributed by atoms with Gasteiger partial charge in [-0.15, -0.1) is 5.10 Å². The number of rotatable bonds is 5. The summed E-state index contributed by atoms with van der Waals surface area (Å²) in [5.41, 5.74) is 4.85. The number of fused-ring (bicyclic) bond motifs is 2. The van der Waals surface area contributed by atoms with Gasteiger partial charge in [0.15, 0.2) is 0 Å². The van der Waals surface area contributed by atoms with Crippen molar-refractivity contribution in [2.45, 2.75) is 13.5 Å². The van der Waals surface area contributed by atoms with Crippen molar-refractivity contribution in [1.82, 2.24) is 29.9 Å². The Morgan fingerprint density at radius 3 is 2.30 bits per heavy atom. The number of methoxy groups -OCH3 is 2. The van der Waals surface area contributed by atoms with Crippen LogP contribution >= 0.6 is 23.2 Å². The Labute approximate surface area is 183 Å². The molecule has 0 N–H and O–H groups in total. The summed E-state index contributed by atoms with van der Waals surface area (Å²) in [6.45, 7) is 2.62. The van der Waals surface area contributed by atoms with E-state index >= 15 is 0 Å². The zero-order valence-electron chi connectivity index (χ0n) is 17.2. The first-order chi connectivity index (χ1) is 14.3. The number of hydrogen-bond acceptors (Lipinski definition) is 7. The highest BCUT2D eigenvalue weighted by Crippen LogP contribution is 2.40. The molecule has 0 saturated heterocycles. The fourth-order valence-electron chi connectivity index (χ4n) is 3.36. The monoisotopic (exact) mass is 446 g/mol. The Hall–Kier alpha value is -2.68. The fourth-order valence-corrected chi connectivity index (χ4v) is 3.86. The van der Waals surface area contributed by atoms with E-state index in [1.54, 1.807) is 4.68 Å². The third kappa shape index (κ3) is 3.30. The van der Waals surface area contributed by atoms with Gasteiger partial charge in [0.1, 0.15) is 16.7 Å². The predicted molar refractivity (Wildman–Crippen MR) is 117 cm³/mol. The molecule has 0 radical (unpaired) electrons. The second kappa shape index (κ2) is 7.86. The predicted octanol–water partition coefficient (Wildman–Crippen LogP) is 4.06. The third-order valence-electron chi connectivity index (χ3n) is 4.75. The summed E-state index contributed by atoms with van der Waals surface area (Å²) in [6.07, 6.45) is 0. The van der Waals surface area contributed by atoms with Gasteiger partial charge < -0.3 is 14.4 Å². The lowest BCUT2D eigenvalue weighted by Gasteiger charge is -2.15. The summed E-state index contributed by atoms with van der Waals surface area (Å²) < 4.78 is 12.3. The zero-order valence-corrected chi connectivity index (χ0v) is 18.7. The molecule has 0 aliphatic rings. The molecule has 0 spiro atoms. The van der Waals surface area contributed by atoms with Crippen LogP contribution in [0.25, 0.3) is 27.8 Å². The first kappa shape index (κ1) is 20.6. The molecular formula is C20H20Cl2N6O2. The minimum atomic E-state index is 0.238. The number of aromatic nitrogens is 5. The first-order valence-corrected chi connectivity index (χ1v) is 9.88. The van der Waals surface area contributed by atoms with E-state index in [4.69, 9.17) is 32.7 Å². The van der Waals surface area contributed by atoms with Crippen molar-refractivity contribution in [3.8, 4) is 17.4 Å². The molecule has 0 unspecified atom stereocenters. The van der Waals surface area contributed by atoms with E-state index in [2.05, 4.69) is 25.2 Å².